The molecular formula is C21H27FN2O4. The van der Waals surface area contributed by atoms with E-state index >= 15 is 0 Å². The molecule has 2 heterocycles. The molecule has 0 radical (unpaired) electrons. The quantitative estimate of drug-likeness (QED) is 0.837. The summed E-state index contributed by atoms with van der Waals surface area (Å²) in [5.41, 5.74) is 1.32. The summed E-state index contributed by atoms with van der Waals surface area (Å²) >= 11 is 0. The first-order valence-electron chi connectivity index (χ1n) is 9.76. The summed E-state index contributed by atoms with van der Waals surface area (Å²) in [6.07, 6.45) is 2.96. The normalized spacial score (nSPS) is 19.7. The molecule has 0 aliphatic carbocycles. The lowest BCUT2D eigenvalue weighted by atomic mass is 9.93. The predicted molar refractivity (Wildman–Crippen MR) is 103 cm³/mol. The van der Waals surface area contributed by atoms with Crippen LogP contribution in [0.2, 0.25) is 0 Å². The van der Waals surface area contributed by atoms with E-state index in [9.17, 15) is 14.0 Å². The third kappa shape index (κ3) is 5.03. The summed E-state index contributed by atoms with van der Waals surface area (Å²) < 4.78 is 24.1. The molecule has 1 fully saturated rings. The summed E-state index contributed by atoms with van der Waals surface area (Å²) in [5, 5.41) is 2.84. The Kier molecular flexibility index (Phi) is 6.54. The zero-order valence-electron chi connectivity index (χ0n) is 16.4. The van der Waals surface area contributed by atoms with Crippen LogP contribution in [0, 0.1) is 18.7 Å². The zero-order valence-corrected chi connectivity index (χ0v) is 16.4. The lowest BCUT2D eigenvalue weighted by Crippen LogP contribution is -2.42. The Labute approximate surface area is 164 Å². The van der Waals surface area contributed by atoms with Crippen molar-refractivity contribution in [2.75, 3.05) is 31.6 Å². The van der Waals surface area contributed by atoms with Gasteiger partial charge < -0.3 is 19.7 Å². The van der Waals surface area contributed by atoms with E-state index in [0.717, 1.165) is 12.8 Å². The highest BCUT2D eigenvalue weighted by atomic mass is 19.1. The fourth-order valence-electron chi connectivity index (χ4n) is 3.66. The number of aryl methyl sites for hydroxylation is 1. The first kappa shape index (κ1) is 20.2. The molecular weight excluding hydrogens is 363 g/mol. The maximum Gasteiger partial charge on any atom is 0.292 e. The van der Waals surface area contributed by atoms with Gasteiger partial charge in [0.2, 0.25) is 11.7 Å². The first-order valence-corrected chi connectivity index (χ1v) is 9.76. The van der Waals surface area contributed by atoms with Crippen molar-refractivity contribution >= 4 is 17.5 Å². The maximum absolute atomic E-state index is 13.2. The Morgan fingerprint density at radius 2 is 2.04 bits per heavy atom. The molecule has 0 saturated carbocycles. The van der Waals surface area contributed by atoms with Crippen LogP contribution in [0.1, 0.15) is 38.2 Å². The van der Waals surface area contributed by atoms with Gasteiger partial charge in [-0.05, 0) is 62.8 Å². The number of ether oxygens (including phenoxy) is 2. The monoisotopic (exact) mass is 390 g/mol. The highest BCUT2D eigenvalue weighted by molar-refractivity contribution is 5.92. The Morgan fingerprint density at radius 1 is 1.25 bits per heavy atom. The van der Waals surface area contributed by atoms with Crippen molar-refractivity contribution in [3.63, 3.8) is 0 Å². The molecule has 28 heavy (non-hydrogen) atoms. The number of piperidine rings is 1. The van der Waals surface area contributed by atoms with E-state index in [-0.39, 0.29) is 23.5 Å². The molecule has 1 N–H and O–H groups in total. The molecule has 152 valence electrons. The van der Waals surface area contributed by atoms with E-state index in [0.29, 0.717) is 61.9 Å². The molecule has 0 aromatic heterocycles. The number of benzene rings is 1. The van der Waals surface area contributed by atoms with E-state index in [1.807, 2.05) is 0 Å². The minimum atomic E-state index is -0.319. The van der Waals surface area contributed by atoms with Gasteiger partial charge in [-0.1, -0.05) is 0 Å². The Bertz CT molecular complexity index is 778. The number of rotatable bonds is 5. The van der Waals surface area contributed by atoms with Gasteiger partial charge in [-0.15, -0.1) is 0 Å². The summed E-state index contributed by atoms with van der Waals surface area (Å²) in [7, 11) is 0. The van der Waals surface area contributed by atoms with Crippen LogP contribution >= 0.6 is 0 Å². The van der Waals surface area contributed by atoms with Gasteiger partial charge in [0.05, 0.1) is 0 Å². The van der Waals surface area contributed by atoms with E-state index in [4.69, 9.17) is 9.47 Å². The second-order valence-corrected chi connectivity index (χ2v) is 7.39. The fourth-order valence-corrected chi connectivity index (χ4v) is 3.66. The molecule has 2 aliphatic rings. The number of allylic oxidation sites excluding steroid dienone is 1. The number of halogens is 1. The minimum absolute atomic E-state index is 0.0966. The van der Waals surface area contributed by atoms with Crippen molar-refractivity contribution in [3.05, 3.63) is 41.1 Å². The van der Waals surface area contributed by atoms with Gasteiger partial charge >= 0.3 is 0 Å². The summed E-state index contributed by atoms with van der Waals surface area (Å²) in [6.45, 7) is 5.66. The lowest BCUT2D eigenvalue weighted by molar-refractivity contribution is -0.134. The van der Waals surface area contributed by atoms with Crippen LogP contribution in [0.25, 0.3) is 0 Å². The first-order chi connectivity index (χ1) is 13.4. The highest BCUT2D eigenvalue weighted by Gasteiger charge is 2.29. The van der Waals surface area contributed by atoms with Crippen LogP contribution in [-0.2, 0) is 19.1 Å². The number of hydrogen-bond acceptors (Lipinski definition) is 4. The van der Waals surface area contributed by atoms with Crippen LogP contribution in [0.3, 0.4) is 0 Å². The minimum Gasteiger partial charge on any atom is -0.491 e. The van der Waals surface area contributed by atoms with Crippen LogP contribution < -0.4 is 5.32 Å². The molecule has 1 saturated heterocycles. The summed E-state index contributed by atoms with van der Waals surface area (Å²) in [4.78, 5) is 26.8. The number of likely N-dealkylation sites (tertiary alicyclic amines) is 1. The van der Waals surface area contributed by atoms with Gasteiger partial charge in [0.15, 0.2) is 0 Å². The number of carbonyl (C=O) groups is 2. The molecule has 0 spiro atoms. The predicted octanol–water partition coefficient (Wildman–Crippen LogP) is 3.37. The largest absolute Gasteiger partial charge is 0.491 e. The third-order valence-corrected chi connectivity index (χ3v) is 5.21. The number of nitrogens with zero attached hydrogens (tertiary/aromatic N) is 1. The van der Waals surface area contributed by atoms with E-state index < -0.39 is 0 Å². The van der Waals surface area contributed by atoms with Gasteiger partial charge in [0, 0.05) is 25.2 Å². The zero-order chi connectivity index (χ0) is 20.1. The van der Waals surface area contributed by atoms with Gasteiger partial charge in [-0.25, -0.2) is 4.39 Å². The van der Waals surface area contributed by atoms with E-state index in [1.165, 1.54) is 12.1 Å². The average Bonchev–Trinajstić information content (AvgIpc) is 2.69. The Hall–Kier alpha value is -2.57. The topological polar surface area (TPSA) is 67.9 Å². The Morgan fingerprint density at radius 3 is 2.79 bits per heavy atom. The highest BCUT2D eigenvalue weighted by Crippen LogP contribution is 2.25. The average molecular weight is 390 g/mol. The molecule has 7 heteroatoms. The van der Waals surface area contributed by atoms with Crippen LogP contribution in [0.5, 0.6) is 0 Å². The van der Waals surface area contributed by atoms with Crippen molar-refractivity contribution in [3.8, 4) is 0 Å². The van der Waals surface area contributed by atoms with Gasteiger partial charge in [-0.2, -0.15) is 0 Å². The van der Waals surface area contributed by atoms with Crippen molar-refractivity contribution in [1.29, 1.82) is 0 Å². The molecule has 0 unspecified atom stereocenters. The van der Waals surface area contributed by atoms with Crippen molar-refractivity contribution in [2.24, 2.45) is 5.92 Å². The standard InChI is InChI=1S/C21H27FN2O4/c1-14-12-17(22)6-7-18(14)23-19(25)8-5-16-4-3-9-24(13-16)21(26)20-15(2)27-10-11-28-20/h6-7,12,16H,3-5,8-11,13H2,1-2H3,(H,23,25)/t16-/m0/s1. The van der Waals surface area contributed by atoms with E-state index in [2.05, 4.69) is 5.32 Å². The number of nitrogens with one attached hydrogen (secondary N) is 1. The SMILES string of the molecule is CC1=C(C(=O)N2CCC[C@@H](CCC(=O)Nc3ccc(F)cc3C)C2)OCCO1. The molecule has 3 rings (SSSR count). The number of hydrogen-bond donors (Lipinski definition) is 1. The molecule has 6 nitrogen and oxygen atoms in total. The van der Waals surface area contributed by atoms with Gasteiger partial charge in [0.25, 0.3) is 5.91 Å². The van der Waals surface area contributed by atoms with Crippen molar-refractivity contribution < 1.29 is 23.5 Å². The molecule has 2 amide bonds. The van der Waals surface area contributed by atoms with E-state index in [1.54, 1.807) is 24.8 Å². The smallest absolute Gasteiger partial charge is 0.292 e. The number of carbonyl (C=O) groups excluding carboxylic acids is 2. The lowest BCUT2D eigenvalue weighted by Gasteiger charge is -2.34. The molecule has 1 aromatic carbocycles. The van der Waals surface area contributed by atoms with Gasteiger partial charge in [0.1, 0.15) is 24.8 Å². The van der Waals surface area contributed by atoms with Gasteiger partial charge in [-0.3, -0.25) is 9.59 Å². The molecule has 0 bridgehead atoms. The molecule has 1 atom stereocenters. The van der Waals surface area contributed by atoms with Crippen LogP contribution in [0.4, 0.5) is 10.1 Å². The molecule has 2 aliphatic heterocycles. The van der Waals surface area contributed by atoms with Crippen LogP contribution in [-0.4, -0.2) is 43.0 Å². The Balaban J connectivity index is 1.51. The second-order valence-electron chi connectivity index (χ2n) is 7.39. The van der Waals surface area contributed by atoms with Crippen LogP contribution in [0.15, 0.2) is 29.7 Å². The third-order valence-electron chi connectivity index (χ3n) is 5.21. The van der Waals surface area contributed by atoms with Crippen molar-refractivity contribution in [2.45, 2.75) is 39.5 Å². The fraction of sp³-hybridized carbons (Fsp3) is 0.524. The molecule has 1 aromatic rings. The second kappa shape index (κ2) is 9.08. The summed E-state index contributed by atoms with van der Waals surface area (Å²) in [6, 6.07) is 4.31. The maximum atomic E-state index is 13.2. The number of amides is 2. The van der Waals surface area contributed by atoms with Crippen molar-refractivity contribution in [1.82, 2.24) is 4.90 Å². The summed E-state index contributed by atoms with van der Waals surface area (Å²) in [5.74, 6) is 0.557. The number of anilines is 1.